The summed E-state index contributed by atoms with van der Waals surface area (Å²) in [7, 11) is 2.23. The van der Waals surface area contributed by atoms with Gasteiger partial charge in [-0.1, -0.05) is 6.92 Å². The van der Waals surface area contributed by atoms with Crippen molar-refractivity contribution in [1.82, 2.24) is 10.2 Å². The highest BCUT2D eigenvalue weighted by Crippen LogP contribution is 2.26. The van der Waals surface area contributed by atoms with E-state index in [4.69, 9.17) is 4.74 Å². The van der Waals surface area contributed by atoms with Gasteiger partial charge in [-0.15, -0.1) is 0 Å². The molecule has 15 heavy (non-hydrogen) atoms. The number of hydrogen-bond donors (Lipinski definition) is 1. The number of likely N-dealkylation sites (N-methyl/N-ethyl adjacent to an activating group) is 1. The molecule has 1 fully saturated rings. The summed E-state index contributed by atoms with van der Waals surface area (Å²) in [4.78, 5) is 2.49. The Hall–Kier alpha value is -0.120. The summed E-state index contributed by atoms with van der Waals surface area (Å²) in [5.74, 6) is 0. The number of hydrogen-bond acceptors (Lipinski definition) is 3. The minimum Gasteiger partial charge on any atom is -0.380 e. The molecule has 0 saturated heterocycles. The zero-order valence-electron chi connectivity index (χ0n) is 10.5. The van der Waals surface area contributed by atoms with Crippen molar-refractivity contribution in [1.29, 1.82) is 0 Å². The first kappa shape index (κ1) is 12.9. The van der Waals surface area contributed by atoms with E-state index in [9.17, 15) is 0 Å². The molecule has 0 heterocycles. The predicted molar refractivity (Wildman–Crippen MR) is 64.2 cm³/mol. The molecular formula is C12H26N2O. The van der Waals surface area contributed by atoms with Gasteiger partial charge in [0.05, 0.1) is 6.61 Å². The van der Waals surface area contributed by atoms with Crippen molar-refractivity contribution in [2.24, 2.45) is 0 Å². The van der Waals surface area contributed by atoms with Gasteiger partial charge in [0.1, 0.15) is 0 Å². The molecule has 0 aromatic carbocycles. The van der Waals surface area contributed by atoms with Crippen molar-refractivity contribution in [2.75, 3.05) is 33.4 Å². The highest BCUT2D eigenvalue weighted by molar-refractivity contribution is 4.85. The van der Waals surface area contributed by atoms with Crippen LogP contribution in [-0.4, -0.2) is 50.3 Å². The van der Waals surface area contributed by atoms with Gasteiger partial charge in [0.25, 0.3) is 0 Å². The van der Waals surface area contributed by atoms with Crippen molar-refractivity contribution in [3.63, 3.8) is 0 Å². The van der Waals surface area contributed by atoms with Gasteiger partial charge in [0.2, 0.25) is 0 Å². The van der Waals surface area contributed by atoms with Crippen LogP contribution >= 0.6 is 0 Å². The Kier molecular flexibility index (Phi) is 6.22. The lowest BCUT2D eigenvalue weighted by atomic mass is 10.3. The van der Waals surface area contributed by atoms with Gasteiger partial charge < -0.3 is 10.1 Å². The van der Waals surface area contributed by atoms with Crippen LogP contribution in [-0.2, 0) is 4.74 Å². The Morgan fingerprint density at radius 1 is 1.40 bits per heavy atom. The Bertz CT molecular complexity index is 160. The van der Waals surface area contributed by atoms with E-state index in [1.165, 1.54) is 12.8 Å². The molecule has 1 atom stereocenters. The third-order valence-corrected chi connectivity index (χ3v) is 3.03. The molecule has 90 valence electrons. The maximum absolute atomic E-state index is 5.41. The summed E-state index contributed by atoms with van der Waals surface area (Å²) in [6.45, 7) is 8.20. The molecule has 1 saturated carbocycles. The highest BCUT2D eigenvalue weighted by atomic mass is 16.5. The molecule has 1 aliphatic carbocycles. The minimum absolute atomic E-state index is 0.642. The topological polar surface area (TPSA) is 24.5 Å². The molecule has 1 N–H and O–H groups in total. The average Bonchev–Trinajstić information content (AvgIpc) is 3.05. The van der Waals surface area contributed by atoms with Crippen LogP contribution in [0.5, 0.6) is 0 Å². The van der Waals surface area contributed by atoms with Crippen LogP contribution in [0.15, 0.2) is 0 Å². The number of ether oxygens (including phenoxy) is 1. The van der Waals surface area contributed by atoms with Crippen molar-refractivity contribution >= 4 is 0 Å². The molecule has 0 spiro atoms. The first-order chi connectivity index (χ1) is 7.25. The molecule has 0 amide bonds. The maximum Gasteiger partial charge on any atom is 0.0590 e. The van der Waals surface area contributed by atoms with Gasteiger partial charge in [-0.3, -0.25) is 4.90 Å². The standard InChI is InChI=1S/C12H26N2O/c1-4-8-15-9-7-13-10-11(2)14(3)12-5-6-12/h11-13H,4-10H2,1-3H3. The van der Waals surface area contributed by atoms with Gasteiger partial charge >= 0.3 is 0 Å². The molecule has 1 aliphatic rings. The van der Waals surface area contributed by atoms with E-state index >= 15 is 0 Å². The van der Waals surface area contributed by atoms with E-state index in [-0.39, 0.29) is 0 Å². The van der Waals surface area contributed by atoms with E-state index in [0.29, 0.717) is 6.04 Å². The summed E-state index contributed by atoms with van der Waals surface area (Å²) in [5.41, 5.74) is 0. The van der Waals surface area contributed by atoms with Gasteiger partial charge in [-0.2, -0.15) is 0 Å². The zero-order valence-corrected chi connectivity index (χ0v) is 10.5. The van der Waals surface area contributed by atoms with Crippen molar-refractivity contribution in [3.8, 4) is 0 Å². The van der Waals surface area contributed by atoms with Crippen molar-refractivity contribution in [3.05, 3.63) is 0 Å². The van der Waals surface area contributed by atoms with Crippen molar-refractivity contribution < 1.29 is 4.74 Å². The lowest BCUT2D eigenvalue weighted by molar-refractivity contribution is 0.134. The van der Waals surface area contributed by atoms with Gasteiger partial charge in [-0.25, -0.2) is 0 Å². The molecular weight excluding hydrogens is 188 g/mol. The fourth-order valence-corrected chi connectivity index (χ4v) is 1.69. The fraction of sp³-hybridized carbons (Fsp3) is 1.00. The fourth-order valence-electron chi connectivity index (χ4n) is 1.69. The number of nitrogens with zero attached hydrogens (tertiary/aromatic N) is 1. The van der Waals surface area contributed by atoms with Crippen LogP contribution in [0.25, 0.3) is 0 Å². The van der Waals surface area contributed by atoms with Crippen molar-refractivity contribution in [2.45, 2.75) is 45.2 Å². The van der Waals surface area contributed by atoms with Crippen LogP contribution in [0.2, 0.25) is 0 Å². The van der Waals surface area contributed by atoms with E-state index in [0.717, 1.165) is 38.8 Å². The Morgan fingerprint density at radius 3 is 2.73 bits per heavy atom. The molecule has 1 rings (SSSR count). The van der Waals surface area contributed by atoms with E-state index in [1.54, 1.807) is 0 Å². The molecule has 1 unspecified atom stereocenters. The molecule has 0 aromatic rings. The Morgan fingerprint density at radius 2 is 2.13 bits per heavy atom. The lowest BCUT2D eigenvalue weighted by Gasteiger charge is -2.24. The quantitative estimate of drug-likeness (QED) is 0.589. The van der Waals surface area contributed by atoms with Crippen LogP contribution < -0.4 is 5.32 Å². The second-order valence-electron chi connectivity index (χ2n) is 4.56. The van der Waals surface area contributed by atoms with E-state index < -0.39 is 0 Å². The van der Waals surface area contributed by atoms with Gasteiger partial charge in [0.15, 0.2) is 0 Å². The van der Waals surface area contributed by atoms with Crippen LogP contribution in [0, 0.1) is 0 Å². The Labute approximate surface area is 94.2 Å². The third kappa shape index (κ3) is 5.50. The minimum atomic E-state index is 0.642. The molecule has 3 nitrogen and oxygen atoms in total. The Balaban J connectivity index is 1.89. The second kappa shape index (κ2) is 7.20. The highest BCUT2D eigenvalue weighted by Gasteiger charge is 2.28. The molecule has 0 aromatic heterocycles. The first-order valence-electron chi connectivity index (χ1n) is 6.26. The monoisotopic (exact) mass is 214 g/mol. The summed E-state index contributed by atoms with van der Waals surface area (Å²) in [6.07, 6.45) is 3.89. The SMILES string of the molecule is CCCOCCNCC(C)N(C)C1CC1. The number of rotatable bonds is 9. The average molecular weight is 214 g/mol. The van der Waals surface area contributed by atoms with E-state index in [1.807, 2.05) is 0 Å². The largest absolute Gasteiger partial charge is 0.380 e. The summed E-state index contributed by atoms with van der Waals surface area (Å²) in [6, 6.07) is 1.50. The molecule has 0 bridgehead atoms. The first-order valence-corrected chi connectivity index (χ1v) is 6.26. The van der Waals surface area contributed by atoms with Crippen LogP contribution in [0.1, 0.15) is 33.1 Å². The summed E-state index contributed by atoms with van der Waals surface area (Å²) >= 11 is 0. The van der Waals surface area contributed by atoms with Crippen LogP contribution in [0.3, 0.4) is 0 Å². The second-order valence-corrected chi connectivity index (χ2v) is 4.56. The number of nitrogens with one attached hydrogen (secondary N) is 1. The summed E-state index contributed by atoms with van der Waals surface area (Å²) < 4.78 is 5.41. The van der Waals surface area contributed by atoms with E-state index in [2.05, 4.69) is 31.1 Å². The van der Waals surface area contributed by atoms with Gasteiger partial charge in [-0.05, 0) is 33.2 Å². The lowest BCUT2D eigenvalue weighted by Crippen LogP contribution is -2.40. The predicted octanol–water partition coefficient (Wildman–Crippen LogP) is 1.49. The summed E-state index contributed by atoms with van der Waals surface area (Å²) in [5, 5.41) is 3.44. The van der Waals surface area contributed by atoms with Gasteiger partial charge in [0, 0.05) is 31.8 Å². The maximum atomic E-state index is 5.41. The smallest absolute Gasteiger partial charge is 0.0590 e. The third-order valence-electron chi connectivity index (χ3n) is 3.03. The zero-order chi connectivity index (χ0) is 11.1. The normalized spacial score (nSPS) is 18.4. The molecule has 3 heteroatoms. The molecule has 0 radical (unpaired) electrons. The van der Waals surface area contributed by atoms with Crippen LogP contribution in [0.4, 0.5) is 0 Å². The molecule has 0 aliphatic heterocycles.